The van der Waals surface area contributed by atoms with Crippen LogP contribution in [0, 0.1) is 0 Å². The van der Waals surface area contributed by atoms with E-state index in [0.717, 1.165) is 24.8 Å². The highest BCUT2D eigenvalue weighted by molar-refractivity contribution is 6.34. The number of rotatable bonds is 18. The number of nitrogens with two attached hydrogens (primary N) is 1. The molecule has 0 aromatic heterocycles. The third-order valence-electron chi connectivity index (χ3n) is 5.84. The Balaban J connectivity index is 2.07. The standard InChI is InChI=1S/C26H44N2O3/c1-2-3-4-5-6-7-8-9-10-11-12-13-14-15-16-21-28(26(31)25(27)30)22-23-17-19-24(29)20-18-23/h17-20,29H,2-16,21-22H2,1H3,(H2,27,30). The van der Waals surface area contributed by atoms with Crippen molar-refractivity contribution in [3.05, 3.63) is 29.8 Å². The summed E-state index contributed by atoms with van der Waals surface area (Å²) in [6, 6.07) is 6.66. The van der Waals surface area contributed by atoms with Crippen molar-refractivity contribution in [1.29, 1.82) is 0 Å². The number of benzene rings is 1. The Labute approximate surface area is 189 Å². The van der Waals surface area contributed by atoms with Gasteiger partial charge >= 0.3 is 11.8 Å². The number of nitrogens with zero attached hydrogens (tertiary/aromatic N) is 1. The van der Waals surface area contributed by atoms with Crippen LogP contribution in [0.5, 0.6) is 5.75 Å². The number of unbranched alkanes of at least 4 members (excludes halogenated alkanes) is 14. The first-order valence-electron chi connectivity index (χ1n) is 12.4. The van der Waals surface area contributed by atoms with Gasteiger partial charge in [0.25, 0.3) is 0 Å². The second-order valence-electron chi connectivity index (χ2n) is 8.71. The van der Waals surface area contributed by atoms with Gasteiger partial charge in [-0.05, 0) is 24.1 Å². The fraction of sp³-hybridized carbons (Fsp3) is 0.692. The summed E-state index contributed by atoms with van der Waals surface area (Å²) in [6.07, 6.45) is 19.4. The molecule has 0 radical (unpaired) electrons. The van der Waals surface area contributed by atoms with Crippen molar-refractivity contribution < 1.29 is 14.7 Å². The quantitative estimate of drug-likeness (QED) is 0.218. The lowest BCUT2D eigenvalue weighted by atomic mass is 10.0. The largest absolute Gasteiger partial charge is 0.508 e. The van der Waals surface area contributed by atoms with Gasteiger partial charge in [-0.3, -0.25) is 9.59 Å². The van der Waals surface area contributed by atoms with E-state index in [1.54, 1.807) is 24.3 Å². The van der Waals surface area contributed by atoms with Gasteiger partial charge in [-0.2, -0.15) is 0 Å². The summed E-state index contributed by atoms with van der Waals surface area (Å²) in [7, 11) is 0. The molecule has 5 heteroatoms. The summed E-state index contributed by atoms with van der Waals surface area (Å²) < 4.78 is 0. The lowest BCUT2D eigenvalue weighted by molar-refractivity contribution is -0.144. The zero-order valence-corrected chi connectivity index (χ0v) is 19.6. The van der Waals surface area contributed by atoms with Gasteiger partial charge in [0, 0.05) is 13.1 Å². The molecule has 31 heavy (non-hydrogen) atoms. The summed E-state index contributed by atoms with van der Waals surface area (Å²) in [6.45, 7) is 3.13. The lowest BCUT2D eigenvalue weighted by Crippen LogP contribution is -2.40. The molecule has 176 valence electrons. The predicted octanol–water partition coefficient (Wildman–Crippen LogP) is 6.08. The lowest BCUT2D eigenvalue weighted by Gasteiger charge is -2.21. The number of primary amides is 1. The third-order valence-corrected chi connectivity index (χ3v) is 5.84. The predicted molar refractivity (Wildman–Crippen MR) is 128 cm³/mol. The zero-order chi connectivity index (χ0) is 22.7. The average molecular weight is 433 g/mol. The highest BCUT2D eigenvalue weighted by Crippen LogP contribution is 2.15. The molecule has 0 aliphatic heterocycles. The SMILES string of the molecule is CCCCCCCCCCCCCCCCCN(Cc1ccc(O)cc1)C(=O)C(N)=O. The topological polar surface area (TPSA) is 83.6 Å². The summed E-state index contributed by atoms with van der Waals surface area (Å²) >= 11 is 0. The number of aromatic hydroxyl groups is 1. The van der Waals surface area contributed by atoms with Crippen LogP contribution in [0.3, 0.4) is 0 Å². The minimum absolute atomic E-state index is 0.180. The highest BCUT2D eigenvalue weighted by atomic mass is 16.3. The first-order valence-corrected chi connectivity index (χ1v) is 12.4. The number of amides is 2. The minimum atomic E-state index is -0.917. The van der Waals surface area contributed by atoms with Gasteiger partial charge in [-0.25, -0.2) is 0 Å². The van der Waals surface area contributed by atoms with Crippen molar-refractivity contribution in [2.75, 3.05) is 6.54 Å². The van der Waals surface area contributed by atoms with Crippen LogP contribution in [-0.2, 0) is 16.1 Å². The van der Waals surface area contributed by atoms with E-state index in [4.69, 9.17) is 5.73 Å². The van der Waals surface area contributed by atoms with Gasteiger partial charge in [0.1, 0.15) is 5.75 Å². The molecule has 0 bridgehead atoms. The molecule has 0 atom stereocenters. The second kappa shape index (κ2) is 17.6. The van der Waals surface area contributed by atoms with Gasteiger partial charge in [-0.1, -0.05) is 109 Å². The summed E-state index contributed by atoms with van der Waals surface area (Å²) in [4.78, 5) is 24.9. The van der Waals surface area contributed by atoms with Gasteiger partial charge in [0.15, 0.2) is 0 Å². The summed E-state index contributed by atoms with van der Waals surface area (Å²) in [5.41, 5.74) is 6.07. The van der Waals surface area contributed by atoms with Crippen LogP contribution in [0.2, 0.25) is 0 Å². The van der Waals surface area contributed by atoms with Crippen molar-refractivity contribution in [2.24, 2.45) is 5.73 Å². The molecule has 1 aromatic rings. The number of phenolic OH excluding ortho intramolecular Hbond substituents is 1. The highest BCUT2D eigenvalue weighted by Gasteiger charge is 2.18. The molecular formula is C26H44N2O3. The fourth-order valence-corrected chi connectivity index (χ4v) is 3.90. The molecule has 0 saturated heterocycles. The van der Waals surface area contributed by atoms with Gasteiger partial charge < -0.3 is 15.7 Å². The summed E-state index contributed by atoms with van der Waals surface area (Å²) in [5.74, 6) is -1.38. The van der Waals surface area contributed by atoms with Crippen LogP contribution in [0.15, 0.2) is 24.3 Å². The monoisotopic (exact) mass is 432 g/mol. The Morgan fingerprint density at radius 1 is 0.742 bits per heavy atom. The van der Waals surface area contributed by atoms with Gasteiger partial charge in [0.2, 0.25) is 0 Å². The van der Waals surface area contributed by atoms with Crippen molar-refractivity contribution in [3.63, 3.8) is 0 Å². The molecular weight excluding hydrogens is 388 g/mol. The van der Waals surface area contributed by atoms with Gasteiger partial charge in [0.05, 0.1) is 0 Å². The average Bonchev–Trinajstić information content (AvgIpc) is 2.76. The molecule has 0 aliphatic carbocycles. The molecule has 3 N–H and O–H groups in total. The van der Waals surface area contributed by atoms with Crippen molar-refractivity contribution >= 4 is 11.8 Å². The van der Waals surface area contributed by atoms with E-state index in [-0.39, 0.29) is 5.75 Å². The van der Waals surface area contributed by atoms with Gasteiger partial charge in [-0.15, -0.1) is 0 Å². The summed E-state index contributed by atoms with van der Waals surface area (Å²) in [5, 5.41) is 9.39. The van der Waals surface area contributed by atoms with E-state index in [9.17, 15) is 14.7 Å². The van der Waals surface area contributed by atoms with E-state index in [1.807, 2.05) is 0 Å². The second-order valence-corrected chi connectivity index (χ2v) is 8.71. The molecule has 2 amide bonds. The minimum Gasteiger partial charge on any atom is -0.508 e. The molecule has 5 nitrogen and oxygen atoms in total. The van der Waals surface area contributed by atoms with Crippen molar-refractivity contribution in [3.8, 4) is 5.75 Å². The molecule has 1 rings (SSSR count). The Bertz CT molecular complexity index is 601. The zero-order valence-electron chi connectivity index (χ0n) is 19.6. The number of hydrogen-bond acceptors (Lipinski definition) is 3. The molecule has 1 aromatic carbocycles. The molecule has 0 heterocycles. The number of hydrogen-bond donors (Lipinski definition) is 2. The van der Waals surface area contributed by atoms with Crippen LogP contribution >= 0.6 is 0 Å². The fourth-order valence-electron chi connectivity index (χ4n) is 3.90. The number of phenols is 1. The normalized spacial score (nSPS) is 10.9. The number of carbonyl (C=O) groups excluding carboxylic acids is 2. The molecule has 0 spiro atoms. The smallest absolute Gasteiger partial charge is 0.311 e. The maximum atomic E-state index is 12.1. The van der Waals surface area contributed by atoms with Crippen LogP contribution < -0.4 is 5.73 Å². The molecule has 0 saturated carbocycles. The van der Waals surface area contributed by atoms with Crippen LogP contribution in [0.4, 0.5) is 0 Å². The Morgan fingerprint density at radius 3 is 1.58 bits per heavy atom. The van der Waals surface area contributed by atoms with E-state index in [1.165, 1.54) is 81.9 Å². The molecule has 0 aliphatic rings. The van der Waals surface area contributed by atoms with Crippen LogP contribution in [0.1, 0.15) is 109 Å². The van der Waals surface area contributed by atoms with Crippen molar-refractivity contribution in [2.45, 2.75) is 110 Å². The first kappa shape index (κ1) is 27.0. The Kier molecular flexibility index (Phi) is 15.3. The maximum Gasteiger partial charge on any atom is 0.311 e. The van der Waals surface area contributed by atoms with E-state index in [2.05, 4.69) is 6.92 Å². The maximum absolute atomic E-state index is 12.1. The molecule has 0 fully saturated rings. The van der Waals surface area contributed by atoms with Crippen molar-refractivity contribution in [1.82, 2.24) is 4.90 Å². The molecule has 0 unspecified atom stereocenters. The van der Waals surface area contributed by atoms with E-state index >= 15 is 0 Å². The number of carbonyl (C=O) groups is 2. The van der Waals surface area contributed by atoms with E-state index in [0.29, 0.717) is 13.1 Å². The van der Waals surface area contributed by atoms with Crippen LogP contribution in [-0.4, -0.2) is 28.4 Å². The third kappa shape index (κ3) is 13.8. The van der Waals surface area contributed by atoms with Crippen LogP contribution in [0.25, 0.3) is 0 Å². The van der Waals surface area contributed by atoms with E-state index < -0.39 is 11.8 Å². The first-order chi connectivity index (χ1) is 15.0. The Hall–Kier alpha value is -2.04. The Morgan fingerprint density at radius 2 is 1.16 bits per heavy atom.